The van der Waals surface area contributed by atoms with E-state index >= 15 is 0 Å². The fourth-order valence-corrected chi connectivity index (χ4v) is 1.85. The van der Waals surface area contributed by atoms with Crippen LogP contribution in [0.3, 0.4) is 0 Å². The van der Waals surface area contributed by atoms with Gasteiger partial charge in [-0.15, -0.1) is 0 Å². The fraction of sp³-hybridized carbons (Fsp3) is 0.500. The molecule has 0 aliphatic carbocycles. The van der Waals surface area contributed by atoms with E-state index in [0.717, 1.165) is 0 Å². The molecule has 1 fully saturated rings. The van der Waals surface area contributed by atoms with Gasteiger partial charge in [0, 0.05) is 0 Å². The van der Waals surface area contributed by atoms with Crippen LogP contribution in [0.2, 0.25) is 0 Å². The summed E-state index contributed by atoms with van der Waals surface area (Å²) in [7, 11) is 0. The zero-order valence-corrected chi connectivity index (χ0v) is 9.96. The van der Waals surface area contributed by atoms with Crippen molar-refractivity contribution >= 4 is 0 Å². The largest absolute Gasteiger partial charge is 0.504 e. The van der Waals surface area contributed by atoms with E-state index in [0.29, 0.717) is 0 Å². The molecule has 7 heteroatoms. The summed E-state index contributed by atoms with van der Waals surface area (Å²) in [5.41, 5.74) is 0. The Labute approximate surface area is 109 Å². The number of ether oxygens (including phenoxy) is 2. The normalized spacial score (nSPS) is 35.1. The van der Waals surface area contributed by atoms with Gasteiger partial charge in [-0.1, -0.05) is 12.1 Å². The van der Waals surface area contributed by atoms with E-state index < -0.39 is 37.3 Å². The predicted molar refractivity (Wildman–Crippen MR) is 62.5 cm³/mol. The lowest BCUT2D eigenvalue weighted by Crippen LogP contribution is -2.60. The van der Waals surface area contributed by atoms with Crippen molar-refractivity contribution in [1.82, 2.24) is 0 Å². The van der Waals surface area contributed by atoms with Crippen LogP contribution in [0.25, 0.3) is 0 Å². The highest BCUT2D eigenvalue weighted by atomic mass is 16.7. The van der Waals surface area contributed by atoms with Crippen LogP contribution < -0.4 is 4.74 Å². The molecule has 1 aromatic rings. The minimum atomic E-state index is -1.51. The molecule has 106 valence electrons. The van der Waals surface area contributed by atoms with Crippen LogP contribution in [0.4, 0.5) is 0 Å². The minimum absolute atomic E-state index is 0.0619. The van der Waals surface area contributed by atoms with E-state index in [9.17, 15) is 20.4 Å². The van der Waals surface area contributed by atoms with Crippen molar-refractivity contribution in [2.24, 2.45) is 0 Å². The van der Waals surface area contributed by atoms with Gasteiger partial charge in [0.25, 0.3) is 0 Å². The zero-order valence-electron chi connectivity index (χ0n) is 9.96. The Hall–Kier alpha value is -1.38. The Kier molecular flexibility index (Phi) is 4.23. The van der Waals surface area contributed by atoms with Gasteiger partial charge in [-0.3, -0.25) is 0 Å². The van der Waals surface area contributed by atoms with Gasteiger partial charge in [0.05, 0.1) is 6.61 Å². The summed E-state index contributed by atoms with van der Waals surface area (Å²) < 4.78 is 10.4. The number of benzene rings is 1. The van der Waals surface area contributed by atoms with Crippen LogP contribution >= 0.6 is 0 Å². The first kappa shape index (κ1) is 14.0. The first-order chi connectivity index (χ1) is 9.04. The monoisotopic (exact) mass is 272 g/mol. The van der Waals surface area contributed by atoms with Gasteiger partial charge in [-0.2, -0.15) is 0 Å². The Bertz CT molecular complexity index is 422. The van der Waals surface area contributed by atoms with E-state index in [4.69, 9.17) is 14.6 Å². The minimum Gasteiger partial charge on any atom is -0.504 e. The standard InChI is InChI=1S/C12H16O7/c13-5-8-9(15)10(16)11(17)12(19-8)18-7-4-2-1-3-6(7)14/h1-4,8-17H,5H2/t8-,9-,10+,11-,12-/m1/s1. The summed E-state index contributed by atoms with van der Waals surface area (Å²) in [6.07, 6.45) is -6.80. The SMILES string of the molecule is OC[C@H]1O[C@@H](Oc2ccccc2O)[C@H](O)[C@@H](O)[C@@H]1O. The van der Waals surface area contributed by atoms with Gasteiger partial charge in [0.15, 0.2) is 11.5 Å². The van der Waals surface area contributed by atoms with Crippen LogP contribution in [0, 0.1) is 0 Å². The van der Waals surface area contributed by atoms with Crippen LogP contribution in [-0.2, 0) is 4.74 Å². The molecule has 0 spiro atoms. The molecule has 0 aromatic heterocycles. The number of phenolic OH excluding ortho intramolecular Hbond substituents is 1. The van der Waals surface area contributed by atoms with E-state index in [2.05, 4.69) is 0 Å². The maximum Gasteiger partial charge on any atom is 0.229 e. The molecule has 0 amide bonds. The van der Waals surface area contributed by atoms with Crippen molar-refractivity contribution in [3.05, 3.63) is 24.3 Å². The van der Waals surface area contributed by atoms with Crippen molar-refractivity contribution in [2.45, 2.75) is 30.7 Å². The summed E-state index contributed by atoms with van der Waals surface area (Å²) in [5, 5.41) is 47.5. The number of aromatic hydroxyl groups is 1. The molecule has 0 saturated carbocycles. The summed E-state index contributed by atoms with van der Waals surface area (Å²) in [5.74, 6) is -0.0914. The highest BCUT2D eigenvalue weighted by Crippen LogP contribution is 2.29. The number of para-hydroxylation sites is 2. The van der Waals surface area contributed by atoms with Gasteiger partial charge in [0.1, 0.15) is 24.4 Å². The van der Waals surface area contributed by atoms with Crippen molar-refractivity contribution in [3.63, 3.8) is 0 Å². The molecule has 1 aliphatic heterocycles. The fourth-order valence-electron chi connectivity index (χ4n) is 1.85. The number of hydrogen-bond donors (Lipinski definition) is 5. The molecule has 1 aliphatic rings. The third-order valence-corrected chi connectivity index (χ3v) is 2.96. The summed E-state index contributed by atoms with van der Waals surface area (Å²) >= 11 is 0. The van der Waals surface area contributed by atoms with Gasteiger partial charge in [0.2, 0.25) is 6.29 Å². The Balaban J connectivity index is 2.13. The smallest absolute Gasteiger partial charge is 0.229 e. The highest BCUT2D eigenvalue weighted by Gasteiger charge is 2.44. The Morgan fingerprint density at radius 2 is 1.74 bits per heavy atom. The molecule has 5 atom stereocenters. The average Bonchev–Trinajstić information content (AvgIpc) is 2.41. The lowest BCUT2D eigenvalue weighted by molar-refractivity contribution is -0.277. The zero-order chi connectivity index (χ0) is 14.0. The van der Waals surface area contributed by atoms with Gasteiger partial charge in [-0.05, 0) is 12.1 Å². The predicted octanol–water partition coefficient (Wildman–Crippen LogP) is -1.43. The third-order valence-electron chi connectivity index (χ3n) is 2.96. The van der Waals surface area contributed by atoms with Crippen LogP contribution in [0.5, 0.6) is 11.5 Å². The molecular weight excluding hydrogens is 256 g/mol. The molecule has 0 radical (unpaired) electrons. The van der Waals surface area contributed by atoms with Gasteiger partial charge >= 0.3 is 0 Å². The van der Waals surface area contributed by atoms with Crippen molar-refractivity contribution < 1.29 is 35.0 Å². The molecule has 7 nitrogen and oxygen atoms in total. The topological polar surface area (TPSA) is 120 Å². The van der Waals surface area contributed by atoms with Crippen molar-refractivity contribution in [1.29, 1.82) is 0 Å². The van der Waals surface area contributed by atoms with Crippen LogP contribution in [0.1, 0.15) is 0 Å². The second-order valence-electron chi connectivity index (χ2n) is 4.28. The number of phenols is 1. The van der Waals surface area contributed by atoms with Crippen molar-refractivity contribution in [2.75, 3.05) is 6.61 Å². The van der Waals surface area contributed by atoms with E-state index in [-0.39, 0.29) is 11.5 Å². The lowest BCUT2D eigenvalue weighted by atomic mass is 9.99. The Morgan fingerprint density at radius 3 is 2.37 bits per heavy atom. The molecule has 5 N–H and O–H groups in total. The maximum atomic E-state index is 9.75. The molecule has 19 heavy (non-hydrogen) atoms. The van der Waals surface area contributed by atoms with E-state index in [1.807, 2.05) is 0 Å². The quantitative estimate of drug-likeness (QED) is 0.457. The molecule has 2 rings (SSSR count). The first-order valence-electron chi connectivity index (χ1n) is 5.79. The Morgan fingerprint density at radius 1 is 1.05 bits per heavy atom. The number of aliphatic hydroxyl groups is 4. The van der Waals surface area contributed by atoms with Gasteiger partial charge in [-0.25, -0.2) is 0 Å². The second-order valence-corrected chi connectivity index (χ2v) is 4.28. The molecule has 0 unspecified atom stereocenters. The molecule has 1 heterocycles. The molecule has 1 saturated heterocycles. The van der Waals surface area contributed by atoms with Gasteiger partial charge < -0.3 is 35.0 Å². The van der Waals surface area contributed by atoms with Crippen LogP contribution in [0.15, 0.2) is 24.3 Å². The maximum absolute atomic E-state index is 9.75. The first-order valence-corrected chi connectivity index (χ1v) is 5.79. The summed E-state index contributed by atoms with van der Waals surface area (Å²) in [4.78, 5) is 0. The number of aliphatic hydroxyl groups excluding tert-OH is 4. The molecule has 0 bridgehead atoms. The summed E-state index contributed by atoms with van der Waals surface area (Å²) in [6, 6.07) is 6.05. The second kappa shape index (κ2) is 5.72. The third kappa shape index (κ3) is 2.80. The number of rotatable bonds is 3. The molecule has 1 aromatic carbocycles. The lowest BCUT2D eigenvalue weighted by Gasteiger charge is -2.39. The van der Waals surface area contributed by atoms with E-state index in [1.165, 1.54) is 12.1 Å². The summed E-state index contributed by atoms with van der Waals surface area (Å²) in [6.45, 7) is -0.536. The highest BCUT2D eigenvalue weighted by molar-refractivity contribution is 5.38. The van der Waals surface area contributed by atoms with E-state index in [1.54, 1.807) is 12.1 Å². The molecular formula is C12H16O7. The number of hydrogen-bond acceptors (Lipinski definition) is 7. The van der Waals surface area contributed by atoms with Crippen molar-refractivity contribution in [3.8, 4) is 11.5 Å². The average molecular weight is 272 g/mol. The van der Waals surface area contributed by atoms with Crippen LogP contribution in [-0.4, -0.2) is 62.8 Å².